The molecule has 1 aromatic heterocycles. The van der Waals surface area contributed by atoms with Gasteiger partial charge in [-0.25, -0.2) is 0 Å². The van der Waals surface area contributed by atoms with Crippen molar-refractivity contribution in [3.63, 3.8) is 0 Å². The maximum atomic E-state index is 12.7. The zero-order chi connectivity index (χ0) is 19.8. The molecule has 144 valence electrons. The highest BCUT2D eigenvalue weighted by molar-refractivity contribution is 6.07. The van der Waals surface area contributed by atoms with Gasteiger partial charge in [0, 0.05) is 16.6 Å². The Morgan fingerprint density at radius 2 is 2.07 bits per heavy atom. The molecular weight excluding hydrogens is 360 g/mol. The number of hydrogen-bond donors (Lipinski definition) is 2. The number of furan rings is 1. The van der Waals surface area contributed by atoms with Gasteiger partial charge in [-0.2, -0.15) is 0 Å². The van der Waals surface area contributed by atoms with E-state index in [0.29, 0.717) is 29.3 Å². The first-order valence-corrected chi connectivity index (χ1v) is 9.05. The predicted octanol–water partition coefficient (Wildman–Crippen LogP) is 4.11. The highest BCUT2D eigenvalue weighted by Gasteiger charge is 2.24. The summed E-state index contributed by atoms with van der Waals surface area (Å²) < 4.78 is 16.8. The topological polar surface area (TPSA) is 89.8 Å². The van der Waals surface area contributed by atoms with Crippen molar-refractivity contribution in [1.29, 1.82) is 0 Å². The van der Waals surface area contributed by atoms with Gasteiger partial charge in [-0.05, 0) is 57.2 Å². The normalized spacial score (nSPS) is 15.5. The van der Waals surface area contributed by atoms with E-state index in [-0.39, 0.29) is 17.6 Å². The van der Waals surface area contributed by atoms with Gasteiger partial charge >= 0.3 is 0 Å². The van der Waals surface area contributed by atoms with Crippen LogP contribution in [0.5, 0.6) is 11.5 Å². The van der Waals surface area contributed by atoms with Crippen molar-refractivity contribution >= 4 is 34.2 Å². The zero-order valence-corrected chi connectivity index (χ0v) is 15.8. The molecule has 0 saturated carbocycles. The largest absolute Gasteiger partial charge is 0.494 e. The fourth-order valence-corrected chi connectivity index (χ4v) is 3.15. The van der Waals surface area contributed by atoms with Crippen LogP contribution in [-0.2, 0) is 4.79 Å². The summed E-state index contributed by atoms with van der Waals surface area (Å²) in [5.41, 5.74) is 2.39. The zero-order valence-electron chi connectivity index (χ0n) is 15.8. The molecule has 1 aliphatic heterocycles. The fraction of sp³-hybridized carbons (Fsp3) is 0.238. The van der Waals surface area contributed by atoms with Crippen LogP contribution in [-0.4, -0.2) is 24.5 Å². The van der Waals surface area contributed by atoms with E-state index in [1.807, 2.05) is 26.0 Å². The van der Waals surface area contributed by atoms with Gasteiger partial charge in [0.2, 0.25) is 0 Å². The Bertz CT molecular complexity index is 1090. The minimum atomic E-state index is -0.548. The SMILES string of the molecule is CCOc1ccc2oc(C(=O)Nc3ccc4c(c3)NC(=O)[C@@H](C)O4)c(C)c2c1. The lowest BCUT2D eigenvalue weighted by Gasteiger charge is -2.23. The molecule has 0 aliphatic carbocycles. The van der Waals surface area contributed by atoms with Gasteiger partial charge in [0.1, 0.15) is 17.1 Å². The van der Waals surface area contributed by atoms with Crippen molar-refractivity contribution in [3.05, 3.63) is 47.7 Å². The number of nitrogens with one attached hydrogen (secondary N) is 2. The molecular formula is C21H20N2O5. The summed E-state index contributed by atoms with van der Waals surface area (Å²) in [5.74, 6) is 0.923. The first kappa shape index (κ1) is 17.9. The summed E-state index contributed by atoms with van der Waals surface area (Å²) in [6.45, 7) is 5.99. The van der Waals surface area contributed by atoms with E-state index in [0.717, 1.165) is 16.7 Å². The molecule has 7 heteroatoms. The molecule has 28 heavy (non-hydrogen) atoms. The van der Waals surface area contributed by atoms with E-state index in [1.165, 1.54) is 0 Å². The van der Waals surface area contributed by atoms with Crippen LogP contribution in [0.4, 0.5) is 11.4 Å². The lowest BCUT2D eigenvalue weighted by Crippen LogP contribution is -2.34. The molecule has 7 nitrogen and oxygen atoms in total. The van der Waals surface area contributed by atoms with Gasteiger partial charge < -0.3 is 24.5 Å². The van der Waals surface area contributed by atoms with Crippen molar-refractivity contribution in [2.45, 2.75) is 26.9 Å². The van der Waals surface area contributed by atoms with Gasteiger partial charge in [-0.15, -0.1) is 0 Å². The third kappa shape index (κ3) is 3.15. The van der Waals surface area contributed by atoms with Crippen molar-refractivity contribution < 1.29 is 23.5 Å². The standard InChI is InChI=1S/C21H20N2O5/c1-4-26-14-6-8-17-15(10-14)11(2)19(28-17)21(25)22-13-5-7-18-16(9-13)23-20(24)12(3)27-18/h5-10,12H,4H2,1-3H3,(H,22,25)(H,23,24)/t12-/m1/s1. The van der Waals surface area contributed by atoms with Gasteiger partial charge in [0.15, 0.2) is 11.9 Å². The minimum absolute atomic E-state index is 0.228. The van der Waals surface area contributed by atoms with E-state index < -0.39 is 6.10 Å². The van der Waals surface area contributed by atoms with Crippen molar-refractivity contribution in [2.24, 2.45) is 0 Å². The molecule has 2 aromatic carbocycles. The first-order valence-electron chi connectivity index (χ1n) is 9.05. The van der Waals surface area contributed by atoms with Crippen molar-refractivity contribution in [3.8, 4) is 11.5 Å². The monoisotopic (exact) mass is 380 g/mol. The van der Waals surface area contributed by atoms with Crippen molar-refractivity contribution in [1.82, 2.24) is 0 Å². The molecule has 0 unspecified atom stereocenters. The molecule has 2 N–H and O–H groups in total. The molecule has 0 saturated heterocycles. The summed E-state index contributed by atoms with van der Waals surface area (Å²) in [5, 5.41) is 6.40. The van der Waals surface area contributed by atoms with E-state index in [1.54, 1.807) is 31.2 Å². The number of hydrogen-bond acceptors (Lipinski definition) is 5. The average Bonchev–Trinajstić information content (AvgIpc) is 3.00. The lowest BCUT2D eigenvalue weighted by atomic mass is 10.1. The number of ether oxygens (including phenoxy) is 2. The average molecular weight is 380 g/mol. The van der Waals surface area contributed by atoms with E-state index in [9.17, 15) is 9.59 Å². The molecule has 0 bridgehead atoms. The number of anilines is 2. The van der Waals surface area contributed by atoms with Gasteiger partial charge in [-0.1, -0.05) is 0 Å². The Kier molecular flexibility index (Phi) is 4.43. The van der Waals surface area contributed by atoms with Crippen LogP contribution in [0.3, 0.4) is 0 Å². The smallest absolute Gasteiger partial charge is 0.291 e. The van der Waals surface area contributed by atoms with Crippen LogP contribution in [0.15, 0.2) is 40.8 Å². The summed E-state index contributed by atoms with van der Waals surface area (Å²) in [7, 11) is 0. The number of aryl methyl sites for hydroxylation is 1. The number of carbonyl (C=O) groups excluding carboxylic acids is 2. The van der Waals surface area contributed by atoms with Crippen LogP contribution in [0.2, 0.25) is 0 Å². The Labute approximate surface area is 161 Å². The maximum Gasteiger partial charge on any atom is 0.291 e. The van der Waals surface area contributed by atoms with Crippen LogP contribution in [0, 0.1) is 6.92 Å². The van der Waals surface area contributed by atoms with Gasteiger partial charge in [0.25, 0.3) is 11.8 Å². The Hall–Kier alpha value is -3.48. The predicted molar refractivity (Wildman–Crippen MR) is 105 cm³/mol. The van der Waals surface area contributed by atoms with Gasteiger partial charge in [-0.3, -0.25) is 9.59 Å². The summed E-state index contributed by atoms with van der Waals surface area (Å²) in [4.78, 5) is 24.5. The molecule has 0 spiro atoms. The Morgan fingerprint density at radius 3 is 2.86 bits per heavy atom. The van der Waals surface area contributed by atoms with Gasteiger partial charge in [0.05, 0.1) is 12.3 Å². The maximum absolute atomic E-state index is 12.7. The van der Waals surface area contributed by atoms with E-state index >= 15 is 0 Å². The molecule has 1 atom stereocenters. The number of rotatable bonds is 4. The second kappa shape index (κ2) is 6.92. The van der Waals surface area contributed by atoms with Crippen molar-refractivity contribution in [2.75, 3.05) is 17.2 Å². The third-order valence-electron chi connectivity index (χ3n) is 4.59. The second-order valence-corrected chi connectivity index (χ2v) is 6.56. The molecule has 0 radical (unpaired) electrons. The Balaban J connectivity index is 1.59. The number of amides is 2. The first-order chi connectivity index (χ1) is 13.5. The molecule has 0 fully saturated rings. The molecule has 2 amide bonds. The Morgan fingerprint density at radius 1 is 1.25 bits per heavy atom. The van der Waals surface area contributed by atoms with Crippen LogP contribution in [0.1, 0.15) is 30.0 Å². The summed E-state index contributed by atoms with van der Waals surface area (Å²) in [6, 6.07) is 10.5. The summed E-state index contributed by atoms with van der Waals surface area (Å²) >= 11 is 0. The highest BCUT2D eigenvalue weighted by Crippen LogP contribution is 2.33. The molecule has 1 aliphatic rings. The van der Waals surface area contributed by atoms with E-state index in [2.05, 4.69) is 10.6 Å². The number of fused-ring (bicyclic) bond motifs is 2. The molecule has 2 heterocycles. The van der Waals surface area contributed by atoms with Crippen LogP contribution in [0.25, 0.3) is 11.0 Å². The minimum Gasteiger partial charge on any atom is -0.494 e. The molecule has 4 rings (SSSR count). The number of carbonyl (C=O) groups is 2. The molecule has 3 aromatic rings. The van der Waals surface area contributed by atoms with E-state index in [4.69, 9.17) is 13.9 Å². The number of benzene rings is 2. The lowest BCUT2D eigenvalue weighted by molar-refractivity contribution is -0.122. The van der Waals surface area contributed by atoms with Crippen LogP contribution >= 0.6 is 0 Å². The van der Waals surface area contributed by atoms with Crippen LogP contribution < -0.4 is 20.1 Å². The second-order valence-electron chi connectivity index (χ2n) is 6.56. The summed E-state index contributed by atoms with van der Waals surface area (Å²) in [6.07, 6.45) is -0.548. The quantitative estimate of drug-likeness (QED) is 0.711. The highest BCUT2D eigenvalue weighted by atomic mass is 16.5. The third-order valence-corrected chi connectivity index (χ3v) is 4.59. The fourth-order valence-electron chi connectivity index (χ4n) is 3.15.